The third-order valence-corrected chi connectivity index (χ3v) is 2.54. The van der Waals surface area contributed by atoms with Crippen molar-refractivity contribution in [3.05, 3.63) is 47.4 Å². The zero-order valence-corrected chi connectivity index (χ0v) is 10.4. The van der Waals surface area contributed by atoms with Crippen molar-refractivity contribution in [3.8, 4) is 0 Å². The predicted octanol–water partition coefficient (Wildman–Crippen LogP) is 2.17. The van der Waals surface area contributed by atoms with E-state index < -0.39 is 11.8 Å². The van der Waals surface area contributed by atoms with Gasteiger partial charge < -0.3 is 9.26 Å². The molecule has 0 aliphatic rings. The van der Waals surface area contributed by atoms with E-state index in [-0.39, 0.29) is 12.3 Å². The molecule has 0 saturated heterocycles. The lowest BCUT2D eigenvalue weighted by Gasteiger charge is -2.07. The highest BCUT2D eigenvalue weighted by Crippen LogP contribution is 2.13. The highest BCUT2D eigenvalue weighted by Gasteiger charge is 2.15. The molecule has 0 amide bonds. The smallest absolute Gasteiger partial charge is 0.357 e. The standard InChI is InChI=1S/C13H13FN2O3/c1-2-18-13(17)12-9(7-10(14)8-15-12)3-4-11-5-6-19-16-11/h5-8H,2-4H2,1H3. The summed E-state index contributed by atoms with van der Waals surface area (Å²) >= 11 is 0. The first-order valence-electron chi connectivity index (χ1n) is 5.91. The van der Waals surface area contributed by atoms with E-state index in [1.807, 2.05) is 0 Å². The Bertz CT molecular complexity index is 555. The van der Waals surface area contributed by atoms with Crippen LogP contribution in [0, 0.1) is 5.82 Å². The van der Waals surface area contributed by atoms with E-state index in [1.165, 1.54) is 12.3 Å². The van der Waals surface area contributed by atoms with Crippen LogP contribution in [0.15, 0.2) is 29.1 Å². The maximum absolute atomic E-state index is 13.2. The molecular formula is C13H13FN2O3. The van der Waals surface area contributed by atoms with Crippen LogP contribution in [0.1, 0.15) is 28.7 Å². The highest BCUT2D eigenvalue weighted by atomic mass is 19.1. The average Bonchev–Trinajstić information content (AvgIpc) is 2.89. The minimum atomic E-state index is -0.544. The highest BCUT2D eigenvalue weighted by molar-refractivity contribution is 5.88. The van der Waals surface area contributed by atoms with Crippen LogP contribution < -0.4 is 0 Å². The molecule has 0 aromatic carbocycles. The number of hydrogen-bond donors (Lipinski definition) is 0. The van der Waals surface area contributed by atoms with E-state index >= 15 is 0 Å². The Hall–Kier alpha value is -2.24. The Morgan fingerprint density at radius 3 is 3.00 bits per heavy atom. The summed E-state index contributed by atoms with van der Waals surface area (Å²) in [4.78, 5) is 15.5. The predicted molar refractivity (Wildman–Crippen MR) is 64.1 cm³/mol. The molecule has 100 valence electrons. The second-order valence-corrected chi connectivity index (χ2v) is 3.87. The summed E-state index contributed by atoms with van der Waals surface area (Å²) < 4.78 is 22.8. The first kappa shape index (κ1) is 13.2. The number of halogens is 1. The van der Waals surface area contributed by atoms with Gasteiger partial charge in [-0.3, -0.25) is 0 Å². The lowest BCUT2D eigenvalue weighted by Crippen LogP contribution is -2.11. The van der Waals surface area contributed by atoms with Gasteiger partial charge in [0.25, 0.3) is 0 Å². The molecule has 0 N–H and O–H groups in total. The van der Waals surface area contributed by atoms with Gasteiger partial charge in [0.2, 0.25) is 0 Å². The van der Waals surface area contributed by atoms with Crippen molar-refractivity contribution >= 4 is 5.97 Å². The molecule has 2 aromatic rings. The minimum absolute atomic E-state index is 0.145. The van der Waals surface area contributed by atoms with Crippen LogP contribution in [0.2, 0.25) is 0 Å². The topological polar surface area (TPSA) is 65.2 Å². The van der Waals surface area contributed by atoms with E-state index in [9.17, 15) is 9.18 Å². The number of aryl methyl sites for hydroxylation is 2. The van der Waals surface area contributed by atoms with Gasteiger partial charge in [0.15, 0.2) is 5.69 Å². The number of aromatic nitrogens is 2. The van der Waals surface area contributed by atoms with Gasteiger partial charge in [0, 0.05) is 6.07 Å². The molecule has 0 radical (unpaired) electrons. The quantitative estimate of drug-likeness (QED) is 0.774. The van der Waals surface area contributed by atoms with Gasteiger partial charge in [-0.25, -0.2) is 14.2 Å². The molecule has 0 spiro atoms. The largest absolute Gasteiger partial charge is 0.461 e. The summed E-state index contributed by atoms with van der Waals surface area (Å²) in [6.07, 6.45) is 3.44. The molecule has 6 heteroatoms. The van der Waals surface area contributed by atoms with Crippen LogP contribution in [0.3, 0.4) is 0 Å². The van der Waals surface area contributed by atoms with E-state index in [1.54, 1.807) is 13.0 Å². The lowest BCUT2D eigenvalue weighted by atomic mass is 10.1. The summed E-state index contributed by atoms with van der Waals surface area (Å²) in [5.41, 5.74) is 1.38. The zero-order chi connectivity index (χ0) is 13.7. The molecule has 0 unspecified atom stereocenters. The van der Waals surface area contributed by atoms with Crippen molar-refractivity contribution in [2.75, 3.05) is 6.61 Å². The lowest BCUT2D eigenvalue weighted by molar-refractivity contribution is 0.0518. The van der Waals surface area contributed by atoms with Gasteiger partial charge in [0.1, 0.15) is 12.1 Å². The normalized spacial score (nSPS) is 10.4. The van der Waals surface area contributed by atoms with Crippen molar-refractivity contribution in [2.24, 2.45) is 0 Å². The van der Waals surface area contributed by atoms with Crippen molar-refractivity contribution in [1.82, 2.24) is 10.1 Å². The van der Waals surface area contributed by atoms with E-state index in [2.05, 4.69) is 10.1 Å². The van der Waals surface area contributed by atoms with E-state index in [0.717, 1.165) is 11.9 Å². The fraction of sp³-hybridized carbons (Fsp3) is 0.308. The van der Waals surface area contributed by atoms with Crippen molar-refractivity contribution in [1.29, 1.82) is 0 Å². The van der Waals surface area contributed by atoms with Gasteiger partial charge in [-0.2, -0.15) is 0 Å². The van der Waals surface area contributed by atoms with Crippen LogP contribution in [0.5, 0.6) is 0 Å². The molecule has 0 saturated carbocycles. The van der Waals surface area contributed by atoms with Crippen molar-refractivity contribution in [3.63, 3.8) is 0 Å². The van der Waals surface area contributed by atoms with Crippen molar-refractivity contribution in [2.45, 2.75) is 19.8 Å². The summed E-state index contributed by atoms with van der Waals surface area (Å²) in [7, 11) is 0. The SMILES string of the molecule is CCOC(=O)c1ncc(F)cc1CCc1ccon1. The summed E-state index contributed by atoms with van der Waals surface area (Å²) in [6.45, 7) is 1.96. The maximum atomic E-state index is 13.2. The number of pyridine rings is 1. The zero-order valence-electron chi connectivity index (χ0n) is 10.4. The molecule has 0 fully saturated rings. The fourth-order valence-corrected chi connectivity index (χ4v) is 1.68. The Morgan fingerprint density at radius 1 is 1.47 bits per heavy atom. The van der Waals surface area contributed by atoms with Gasteiger partial charge in [-0.15, -0.1) is 0 Å². The van der Waals surface area contributed by atoms with Gasteiger partial charge >= 0.3 is 5.97 Å². The third kappa shape index (κ3) is 3.37. The monoisotopic (exact) mass is 264 g/mol. The van der Waals surface area contributed by atoms with Crippen LogP contribution >= 0.6 is 0 Å². The number of carbonyl (C=O) groups excluding carboxylic acids is 1. The Kier molecular flexibility index (Phi) is 4.22. The second kappa shape index (κ2) is 6.08. The van der Waals surface area contributed by atoms with Crippen LogP contribution in [-0.2, 0) is 17.6 Å². The molecule has 2 heterocycles. The molecule has 2 rings (SSSR count). The van der Waals surface area contributed by atoms with Crippen LogP contribution in [-0.4, -0.2) is 22.7 Å². The number of hydrogen-bond acceptors (Lipinski definition) is 5. The molecule has 0 bridgehead atoms. The molecule has 0 aliphatic carbocycles. The molecule has 5 nitrogen and oxygen atoms in total. The van der Waals surface area contributed by atoms with Gasteiger partial charge in [0.05, 0.1) is 18.5 Å². The first-order valence-corrected chi connectivity index (χ1v) is 5.91. The maximum Gasteiger partial charge on any atom is 0.357 e. The van der Waals surface area contributed by atoms with Crippen molar-refractivity contribution < 1.29 is 18.4 Å². The molecular weight excluding hydrogens is 251 g/mol. The molecule has 2 aromatic heterocycles. The fourth-order valence-electron chi connectivity index (χ4n) is 1.68. The van der Waals surface area contributed by atoms with Gasteiger partial charge in [-0.05, 0) is 31.4 Å². The number of esters is 1. The number of carbonyl (C=O) groups is 1. The summed E-state index contributed by atoms with van der Waals surface area (Å²) in [5, 5.41) is 3.76. The number of ether oxygens (including phenoxy) is 1. The Morgan fingerprint density at radius 2 is 2.32 bits per heavy atom. The third-order valence-electron chi connectivity index (χ3n) is 2.54. The summed E-state index contributed by atoms with van der Waals surface area (Å²) in [5.74, 6) is -1.03. The minimum Gasteiger partial charge on any atom is -0.461 e. The Balaban J connectivity index is 2.17. The van der Waals surface area contributed by atoms with Gasteiger partial charge in [-0.1, -0.05) is 5.16 Å². The molecule has 0 atom stereocenters. The first-order chi connectivity index (χ1) is 9.20. The number of rotatable bonds is 5. The summed E-state index contributed by atoms with van der Waals surface area (Å²) in [6, 6.07) is 3.01. The van der Waals surface area contributed by atoms with Crippen LogP contribution in [0.25, 0.3) is 0 Å². The van der Waals surface area contributed by atoms with E-state index in [4.69, 9.17) is 9.26 Å². The number of nitrogens with zero attached hydrogens (tertiary/aromatic N) is 2. The average molecular weight is 264 g/mol. The van der Waals surface area contributed by atoms with Crippen LogP contribution in [0.4, 0.5) is 4.39 Å². The van der Waals surface area contributed by atoms with E-state index in [0.29, 0.717) is 18.4 Å². The second-order valence-electron chi connectivity index (χ2n) is 3.87. The Labute approximate surface area is 109 Å². The molecule has 19 heavy (non-hydrogen) atoms. The molecule has 0 aliphatic heterocycles.